The number of nitrogens with zero attached hydrogens (tertiary/aromatic N) is 1. The van der Waals surface area contributed by atoms with E-state index >= 15 is 0 Å². The molecule has 0 bridgehead atoms. The minimum Gasteiger partial charge on any atom is -0.256 e. The topological polar surface area (TPSA) is 12.9 Å². The third-order valence-electron chi connectivity index (χ3n) is 4.54. The summed E-state index contributed by atoms with van der Waals surface area (Å²) in [4.78, 5) is 4.67. The first-order valence-corrected chi connectivity index (χ1v) is 8.13. The molecule has 0 unspecified atom stereocenters. The van der Waals surface area contributed by atoms with Crippen LogP contribution in [0, 0.1) is 0 Å². The Morgan fingerprint density at radius 1 is 0.957 bits per heavy atom. The van der Waals surface area contributed by atoms with Gasteiger partial charge in [-0.25, -0.2) is 0 Å². The monoisotopic (exact) mass is 297 g/mol. The zero-order chi connectivity index (χ0) is 15.6. The Labute approximate surface area is 137 Å². The molecule has 0 saturated heterocycles. The second kappa shape index (κ2) is 5.85. The average Bonchev–Trinajstić information content (AvgIpc) is 2.58. The summed E-state index contributed by atoms with van der Waals surface area (Å²) in [5.74, 6) is 0. The molecular formula is C22H19N. The molecule has 0 aliphatic heterocycles. The zero-order valence-electron chi connectivity index (χ0n) is 13.3. The fourth-order valence-corrected chi connectivity index (χ4v) is 3.32. The molecule has 23 heavy (non-hydrogen) atoms. The maximum absolute atomic E-state index is 4.67. The Balaban J connectivity index is 2.05. The van der Waals surface area contributed by atoms with Gasteiger partial charge in [0.05, 0.1) is 5.52 Å². The summed E-state index contributed by atoms with van der Waals surface area (Å²) in [5, 5.41) is 1.22. The predicted octanol–water partition coefficient (Wildman–Crippen LogP) is 5.81. The molecule has 0 N–H and O–H groups in total. The summed E-state index contributed by atoms with van der Waals surface area (Å²) >= 11 is 0. The van der Waals surface area contributed by atoms with Crippen molar-refractivity contribution >= 4 is 17.0 Å². The molecule has 0 radical (unpaired) electrons. The SMILES string of the molecule is C/C1=C\C=C/c2c(-c3ccccc3)cc3cccnc3c2CC1. The fraction of sp³-hybridized carbons (Fsp3) is 0.136. The molecule has 3 aromatic rings. The molecule has 1 aliphatic rings. The largest absolute Gasteiger partial charge is 0.256 e. The van der Waals surface area contributed by atoms with E-state index in [1.54, 1.807) is 0 Å². The van der Waals surface area contributed by atoms with Gasteiger partial charge in [-0.05, 0) is 54.2 Å². The average molecular weight is 297 g/mol. The highest BCUT2D eigenvalue weighted by Gasteiger charge is 2.14. The second-order valence-corrected chi connectivity index (χ2v) is 6.13. The summed E-state index contributed by atoms with van der Waals surface area (Å²) < 4.78 is 0. The van der Waals surface area contributed by atoms with E-state index in [1.807, 2.05) is 12.3 Å². The second-order valence-electron chi connectivity index (χ2n) is 6.13. The lowest BCUT2D eigenvalue weighted by Gasteiger charge is -2.17. The van der Waals surface area contributed by atoms with E-state index in [4.69, 9.17) is 0 Å². The third kappa shape index (κ3) is 2.59. The molecule has 1 nitrogen and oxygen atoms in total. The van der Waals surface area contributed by atoms with E-state index in [0.717, 1.165) is 18.4 Å². The van der Waals surface area contributed by atoms with E-state index in [1.165, 1.54) is 33.2 Å². The molecule has 1 heterocycles. The van der Waals surface area contributed by atoms with Crippen LogP contribution < -0.4 is 0 Å². The van der Waals surface area contributed by atoms with Crippen LogP contribution in [0.3, 0.4) is 0 Å². The van der Waals surface area contributed by atoms with Crippen molar-refractivity contribution in [3.8, 4) is 11.1 Å². The van der Waals surface area contributed by atoms with Crippen LogP contribution in [0.5, 0.6) is 0 Å². The Morgan fingerprint density at radius 3 is 2.70 bits per heavy atom. The van der Waals surface area contributed by atoms with Gasteiger partial charge in [-0.2, -0.15) is 0 Å². The number of rotatable bonds is 1. The first kappa shape index (κ1) is 14.0. The Bertz CT molecular complexity index is 917. The molecule has 0 atom stereocenters. The van der Waals surface area contributed by atoms with Gasteiger partial charge in [-0.15, -0.1) is 0 Å². The van der Waals surface area contributed by atoms with E-state index in [2.05, 4.69) is 72.6 Å². The minimum atomic E-state index is 1.04. The Morgan fingerprint density at radius 2 is 1.83 bits per heavy atom. The molecule has 0 fully saturated rings. The van der Waals surface area contributed by atoms with Gasteiger partial charge in [0.2, 0.25) is 0 Å². The van der Waals surface area contributed by atoms with Gasteiger partial charge in [0.15, 0.2) is 0 Å². The van der Waals surface area contributed by atoms with Gasteiger partial charge >= 0.3 is 0 Å². The van der Waals surface area contributed by atoms with Crippen LogP contribution in [0.1, 0.15) is 24.5 Å². The summed E-state index contributed by atoms with van der Waals surface area (Å²) in [6.07, 6.45) is 10.7. The lowest BCUT2D eigenvalue weighted by molar-refractivity contribution is 0.941. The standard InChI is InChI=1S/C22H19N/c1-16-7-5-11-19-20(13-12-16)22-18(10-6-14-23-22)15-21(19)17-8-3-2-4-9-17/h2-11,14-15H,12-13H2,1H3/b11-5-,16-7+. The molecule has 1 aromatic heterocycles. The molecule has 2 aromatic carbocycles. The number of benzene rings is 2. The lowest BCUT2D eigenvalue weighted by Crippen LogP contribution is -1.99. The normalized spacial score (nSPS) is 17.7. The van der Waals surface area contributed by atoms with Gasteiger partial charge in [-0.1, -0.05) is 60.2 Å². The van der Waals surface area contributed by atoms with Crippen molar-refractivity contribution in [2.45, 2.75) is 19.8 Å². The number of hydrogen-bond donors (Lipinski definition) is 0. The van der Waals surface area contributed by atoms with Crippen LogP contribution >= 0.6 is 0 Å². The van der Waals surface area contributed by atoms with Gasteiger partial charge in [0.1, 0.15) is 0 Å². The van der Waals surface area contributed by atoms with Crippen molar-refractivity contribution in [1.29, 1.82) is 0 Å². The van der Waals surface area contributed by atoms with Crippen molar-refractivity contribution in [1.82, 2.24) is 4.98 Å². The molecule has 112 valence electrons. The zero-order valence-corrected chi connectivity index (χ0v) is 13.3. The highest BCUT2D eigenvalue weighted by molar-refractivity contribution is 5.93. The highest BCUT2D eigenvalue weighted by Crippen LogP contribution is 2.34. The molecule has 0 saturated carbocycles. The Kier molecular flexibility index (Phi) is 3.55. The number of aromatic nitrogens is 1. The summed E-state index contributed by atoms with van der Waals surface area (Å²) in [6.45, 7) is 2.20. The van der Waals surface area contributed by atoms with Crippen molar-refractivity contribution in [2.75, 3.05) is 0 Å². The van der Waals surface area contributed by atoms with Gasteiger partial charge in [0, 0.05) is 11.6 Å². The molecule has 0 spiro atoms. The van der Waals surface area contributed by atoms with Crippen LogP contribution in [-0.4, -0.2) is 4.98 Å². The highest BCUT2D eigenvalue weighted by atomic mass is 14.7. The number of aryl methyl sites for hydroxylation is 1. The van der Waals surface area contributed by atoms with Crippen molar-refractivity contribution in [2.24, 2.45) is 0 Å². The first-order valence-electron chi connectivity index (χ1n) is 8.13. The van der Waals surface area contributed by atoms with E-state index in [0.29, 0.717) is 0 Å². The van der Waals surface area contributed by atoms with Crippen LogP contribution in [0.4, 0.5) is 0 Å². The summed E-state index contributed by atoms with van der Waals surface area (Å²) in [7, 11) is 0. The maximum Gasteiger partial charge on any atom is 0.0740 e. The first-order chi connectivity index (χ1) is 11.3. The van der Waals surface area contributed by atoms with E-state index in [-0.39, 0.29) is 0 Å². The van der Waals surface area contributed by atoms with E-state index < -0.39 is 0 Å². The smallest absolute Gasteiger partial charge is 0.0740 e. The molecule has 1 aliphatic carbocycles. The molecule has 4 rings (SSSR count). The van der Waals surface area contributed by atoms with Crippen LogP contribution in [0.25, 0.3) is 28.1 Å². The van der Waals surface area contributed by atoms with Crippen LogP contribution in [-0.2, 0) is 6.42 Å². The molecular weight excluding hydrogens is 278 g/mol. The van der Waals surface area contributed by atoms with E-state index in [9.17, 15) is 0 Å². The number of allylic oxidation sites excluding steroid dienone is 3. The minimum absolute atomic E-state index is 1.04. The van der Waals surface area contributed by atoms with Crippen molar-refractivity contribution in [3.63, 3.8) is 0 Å². The van der Waals surface area contributed by atoms with Crippen molar-refractivity contribution in [3.05, 3.63) is 83.6 Å². The predicted molar refractivity (Wildman–Crippen MR) is 98.3 cm³/mol. The Hall–Kier alpha value is -2.67. The van der Waals surface area contributed by atoms with Crippen molar-refractivity contribution < 1.29 is 0 Å². The molecule has 0 amide bonds. The number of hydrogen-bond acceptors (Lipinski definition) is 1. The summed E-state index contributed by atoms with van der Waals surface area (Å²) in [6, 6.07) is 17.1. The number of fused-ring (bicyclic) bond motifs is 3. The third-order valence-corrected chi connectivity index (χ3v) is 4.54. The van der Waals surface area contributed by atoms with Gasteiger partial charge < -0.3 is 0 Å². The lowest BCUT2D eigenvalue weighted by atomic mass is 9.88. The molecule has 1 heteroatoms. The fourth-order valence-electron chi connectivity index (χ4n) is 3.32. The van der Waals surface area contributed by atoms with Crippen LogP contribution in [0.2, 0.25) is 0 Å². The maximum atomic E-state index is 4.67. The van der Waals surface area contributed by atoms with Gasteiger partial charge in [-0.3, -0.25) is 4.98 Å². The summed E-state index contributed by atoms with van der Waals surface area (Å²) in [5.41, 5.74) is 7.80. The quantitative estimate of drug-likeness (QED) is 0.552. The number of pyridine rings is 1. The van der Waals surface area contributed by atoms with Gasteiger partial charge in [0.25, 0.3) is 0 Å². The van der Waals surface area contributed by atoms with Crippen LogP contribution in [0.15, 0.2) is 72.5 Å².